The Bertz CT molecular complexity index is 167. The molecule has 79 valence electrons. The van der Waals surface area contributed by atoms with Crippen LogP contribution in [-0.2, 0) is 19.5 Å². The van der Waals surface area contributed by atoms with Crippen molar-refractivity contribution in [3.8, 4) is 0 Å². The van der Waals surface area contributed by atoms with Gasteiger partial charge in [0.1, 0.15) is 0 Å². The SMILES string of the molecule is CCCC1CCN=[C-][C@]1(C)CC.[Rh]. The molecule has 0 aromatic carbocycles. The molecule has 0 spiro atoms. The molecule has 1 heterocycles. The quantitative estimate of drug-likeness (QED) is 0.551. The summed E-state index contributed by atoms with van der Waals surface area (Å²) < 4.78 is 0. The molecule has 2 heteroatoms. The third-order valence-electron chi connectivity index (χ3n) is 3.20. The molecule has 1 aliphatic rings. The molecule has 1 rings (SSSR count). The number of hydrogen-bond acceptors (Lipinski definition) is 1. The Hall–Kier alpha value is 0.293. The molecule has 0 aromatic rings. The molecule has 0 fully saturated rings. The summed E-state index contributed by atoms with van der Waals surface area (Å²) in [6.45, 7) is 7.81. The van der Waals surface area contributed by atoms with E-state index in [9.17, 15) is 0 Å². The monoisotopic (exact) mass is 269 g/mol. The molecule has 2 atom stereocenters. The summed E-state index contributed by atoms with van der Waals surface area (Å²) >= 11 is 0. The van der Waals surface area contributed by atoms with Crippen LogP contribution in [-0.4, -0.2) is 12.8 Å². The first-order valence-corrected chi connectivity index (χ1v) is 5.16. The Balaban J connectivity index is 0.00000144. The first-order chi connectivity index (χ1) is 5.73. The maximum Gasteiger partial charge on any atom is 0.00000101 e. The number of nitrogens with zero attached hydrogens (tertiary/aromatic N) is 1. The fourth-order valence-electron chi connectivity index (χ4n) is 2.05. The van der Waals surface area contributed by atoms with Gasteiger partial charge in [-0.3, -0.25) is 0 Å². The molecule has 13 heavy (non-hydrogen) atoms. The molecule has 0 N–H and O–H groups in total. The van der Waals surface area contributed by atoms with E-state index in [1.807, 2.05) is 0 Å². The van der Waals surface area contributed by atoms with E-state index in [1.54, 1.807) is 0 Å². The van der Waals surface area contributed by atoms with E-state index < -0.39 is 0 Å². The molecule has 1 radical (unpaired) electrons. The van der Waals surface area contributed by atoms with Crippen LogP contribution < -0.4 is 0 Å². The average molecular weight is 269 g/mol. The molecule has 0 bridgehead atoms. The Kier molecular flexibility index (Phi) is 6.04. The van der Waals surface area contributed by atoms with E-state index in [4.69, 9.17) is 0 Å². The van der Waals surface area contributed by atoms with Crippen molar-refractivity contribution < 1.29 is 19.5 Å². The van der Waals surface area contributed by atoms with Crippen LogP contribution >= 0.6 is 0 Å². The van der Waals surface area contributed by atoms with Gasteiger partial charge in [-0.25, -0.2) is 0 Å². The van der Waals surface area contributed by atoms with Crippen molar-refractivity contribution in [2.75, 3.05) is 6.54 Å². The van der Waals surface area contributed by atoms with Gasteiger partial charge >= 0.3 is 0 Å². The zero-order chi connectivity index (χ0) is 9.03. The Morgan fingerprint density at radius 1 is 1.46 bits per heavy atom. The van der Waals surface area contributed by atoms with Gasteiger partial charge in [0, 0.05) is 26.0 Å². The maximum absolute atomic E-state index is 4.28. The van der Waals surface area contributed by atoms with E-state index in [1.165, 1.54) is 25.7 Å². The molecule has 1 nitrogen and oxygen atoms in total. The van der Waals surface area contributed by atoms with Gasteiger partial charge in [0.05, 0.1) is 0 Å². The fourth-order valence-corrected chi connectivity index (χ4v) is 2.05. The minimum atomic E-state index is 0. The smallest absolute Gasteiger partial charge is 0.00000101 e. The number of aliphatic imine (C=N–C) groups is 1. The van der Waals surface area contributed by atoms with E-state index in [-0.39, 0.29) is 24.9 Å². The molecular weight excluding hydrogens is 249 g/mol. The summed E-state index contributed by atoms with van der Waals surface area (Å²) in [5.41, 5.74) is 0.272. The van der Waals surface area contributed by atoms with E-state index in [0.717, 1.165) is 12.5 Å². The minimum Gasteiger partial charge on any atom is -0.502 e. The van der Waals surface area contributed by atoms with Crippen molar-refractivity contribution in [3.05, 3.63) is 0 Å². The van der Waals surface area contributed by atoms with Crippen LogP contribution in [0.3, 0.4) is 0 Å². The molecule has 1 unspecified atom stereocenters. The van der Waals surface area contributed by atoms with Crippen LogP contribution in [0.5, 0.6) is 0 Å². The van der Waals surface area contributed by atoms with Crippen molar-refractivity contribution in [1.29, 1.82) is 0 Å². The Morgan fingerprint density at radius 2 is 2.15 bits per heavy atom. The van der Waals surface area contributed by atoms with E-state index in [0.29, 0.717) is 0 Å². The second-order valence-electron chi connectivity index (χ2n) is 4.04. The largest absolute Gasteiger partial charge is 0.502 e. The normalized spacial score (nSPS) is 32.7. The third-order valence-corrected chi connectivity index (χ3v) is 3.20. The molecule has 0 aliphatic carbocycles. The van der Waals surface area contributed by atoms with Gasteiger partial charge in [-0.15, -0.1) is 5.41 Å². The Labute approximate surface area is 95.2 Å². The van der Waals surface area contributed by atoms with Gasteiger partial charge in [-0.1, -0.05) is 46.0 Å². The van der Waals surface area contributed by atoms with Gasteiger partial charge in [-0.05, 0) is 6.42 Å². The van der Waals surface area contributed by atoms with Gasteiger partial charge in [-0.2, -0.15) is 0 Å². The molecule has 0 aromatic heterocycles. The number of hydrogen-bond donors (Lipinski definition) is 0. The van der Waals surface area contributed by atoms with Crippen LogP contribution in [0, 0.1) is 11.3 Å². The molecular formula is C11H20NRh-. The fraction of sp³-hybridized carbons (Fsp3) is 0.909. The van der Waals surface area contributed by atoms with Gasteiger partial charge in [0.2, 0.25) is 0 Å². The maximum atomic E-state index is 4.28. The predicted molar refractivity (Wildman–Crippen MR) is 53.7 cm³/mol. The first kappa shape index (κ1) is 13.3. The van der Waals surface area contributed by atoms with Crippen LogP contribution in [0.2, 0.25) is 0 Å². The minimum absolute atomic E-state index is 0. The van der Waals surface area contributed by atoms with Gasteiger partial charge in [0.25, 0.3) is 0 Å². The zero-order valence-electron chi connectivity index (χ0n) is 8.89. The van der Waals surface area contributed by atoms with E-state index in [2.05, 4.69) is 32.0 Å². The van der Waals surface area contributed by atoms with E-state index >= 15 is 0 Å². The van der Waals surface area contributed by atoms with Crippen molar-refractivity contribution in [1.82, 2.24) is 0 Å². The standard InChI is InChI=1S/C11H20N.Rh/c1-4-6-10-7-8-12-9-11(10,3)5-2;/h10H,4-8H2,1-3H3;/q-1;/t10?,11-;/m0./s1. The van der Waals surface area contributed by atoms with Gasteiger partial charge < -0.3 is 11.2 Å². The summed E-state index contributed by atoms with van der Waals surface area (Å²) in [6.07, 6.45) is 8.39. The second kappa shape index (κ2) is 5.91. The molecule has 0 saturated carbocycles. The van der Waals surface area contributed by atoms with Crippen molar-refractivity contribution in [3.63, 3.8) is 0 Å². The first-order valence-electron chi connectivity index (χ1n) is 5.16. The van der Waals surface area contributed by atoms with Crippen molar-refractivity contribution in [2.24, 2.45) is 16.3 Å². The zero-order valence-corrected chi connectivity index (χ0v) is 10.5. The van der Waals surface area contributed by atoms with Crippen molar-refractivity contribution in [2.45, 2.75) is 46.5 Å². The summed E-state index contributed by atoms with van der Waals surface area (Å²) in [7, 11) is 0. The van der Waals surface area contributed by atoms with Crippen molar-refractivity contribution >= 4 is 6.21 Å². The topological polar surface area (TPSA) is 12.4 Å². The Morgan fingerprint density at radius 3 is 2.69 bits per heavy atom. The van der Waals surface area contributed by atoms with Crippen LogP contribution in [0.1, 0.15) is 46.5 Å². The third kappa shape index (κ3) is 3.16. The summed E-state index contributed by atoms with van der Waals surface area (Å²) in [6, 6.07) is 0. The van der Waals surface area contributed by atoms with Crippen LogP contribution in [0.4, 0.5) is 0 Å². The predicted octanol–water partition coefficient (Wildman–Crippen LogP) is 3.17. The van der Waals surface area contributed by atoms with Gasteiger partial charge in [0.15, 0.2) is 0 Å². The summed E-state index contributed by atoms with van der Waals surface area (Å²) in [5, 5.41) is 0. The van der Waals surface area contributed by atoms with Crippen LogP contribution in [0.15, 0.2) is 4.99 Å². The second-order valence-corrected chi connectivity index (χ2v) is 4.04. The van der Waals surface area contributed by atoms with Crippen LogP contribution in [0.25, 0.3) is 0 Å². The molecule has 1 aliphatic heterocycles. The molecule has 0 saturated heterocycles. The summed E-state index contributed by atoms with van der Waals surface area (Å²) in [4.78, 5) is 4.28. The average Bonchev–Trinajstić information content (AvgIpc) is 2.10. The molecule has 0 amide bonds. The number of rotatable bonds is 3. The summed E-state index contributed by atoms with van der Waals surface area (Å²) in [5.74, 6) is 0.824.